The van der Waals surface area contributed by atoms with Crippen molar-refractivity contribution in [3.05, 3.63) is 63.8 Å². The number of allylic oxidation sites excluding steroid dienone is 1. The maximum Gasteiger partial charge on any atom is 0.338 e. The Labute approximate surface area is 204 Å². The molecule has 7 nitrogen and oxygen atoms in total. The Morgan fingerprint density at radius 1 is 1.12 bits per heavy atom. The van der Waals surface area contributed by atoms with Gasteiger partial charge in [-0.15, -0.1) is 0 Å². The molecule has 1 aliphatic heterocycles. The number of thiocarbonyl (C=S) groups is 1. The Balaban J connectivity index is 2.14. The largest absolute Gasteiger partial charge is 0.493 e. The lowest BCUT2D eigenvalue weighted by atomic mass is 9.94. The van der Waals surface area contributed by atoms with Gasteiger partial charge in [0.25, 0.3) is 0 Å². The van der Waals surface area contributed by atoms with Crippen molar-refractivity contribution in [3.63, 3.8) is 0 Å². The van der Waals surface area contributed by atoms with Gasteiger partial charge in [-0.3, -0.25) is 4.90 Å². The summed E-state index contributed by atoms with van der Waals surface area (Å²) in [6, 6.07) is 10.8. The van der Waals surface area contributed by atoms with Crippen LogP contribution in [0, 0.1) is 6.92 Å². The number of methoxy groups -OCH3 is 3. The van der Waals surface area contributed by atoms with Crippen molar-refractivity contribution in [2.75, 3.05) is 39.4 Å². The molecule has 176 valence electrons. The van der Waals surface area contributed by atoms with E-state index in [1.807, 2.05) is 43.0 Å². The predicted molar refractivity (Wildman–Crippen MR) is 132 cm³/mol. The first kappa shape index (κ1) is 24.8. The molecule has 0 amide bonds. The molecule has 0 radical (unpaired) electrons. The van der Waals surface area contributed by atoms with Crippen LogP contribution in [0.3, 0.4) is 0 Å². The fourth-order valence-corrected chi connectivity index (χ4v) is 4.39. The van der Waals surface area contributed by atoms with Crippen LogP contribution >= 0.6 is 23.8 Å². The quantitative estimate of drug-likeness (QED) is 0.328. The molecule has 1 heterocycles. The van der Waals surface area contributed by atoms with E-state index in [0.29, 0.717) is 45.1 Å². The topological polar surface area (TPSA) is 69.3 Å². The molecule has 0 aliphatic carbocycles. The van der Waals surface area contributed by atoms with E-state index in [1.165, 1.54) is 14.2 Å². The maximum absolute atomic E-state index is 13.2. The number of esters is 1. The number of anilines is 1. The van der Waals surface area contributed by atoms with Gasteiger partial charge in [0.05, 0.1) is 37.5 Å². The monoisotopic (exact) mass is 490 g/mol. The first-order valence-electron chi connectivity index (χ1n) is 10.3. The number of halogens is 1. The fraction of sp³-hybridized carbons (Fsp3) is 0.333. The van der Waals surface area contributed by atoms with Crippen molar-refractivity contribution >= 4 is 40.6 Å². The first-order valence-corrected chi connectivity index (χ1v) is 11.1. The molecule has 2 aromatic carbocycles. The SMILES string of the molecule is COCCOC(=O)C1=C(C)N(c2cccc(C)c2)C(=S)NC1c1cc(Cl)c(OC)c(OC)c1. The molecule has 0 saturated carbocycles. The summed E-state index contributed by atoms with van der Waals surface area (Å²) in [5.74, 6) is 0.374. The van der Waals surface area contributed by atoms with E-state index in [9.17, 15) is 4.79 Å². The summed E-state index contributed by atoms with van der Waals surface area (Å²) in [6.45, 7) is 4.26. The van der Waals surface area contributed by atoms with Crippen molar-refractivity contribution in [1.29, 1.82) is 0 Å². The van der Waals surface area contributed by atoms with Gasteiger partial charge in [0.15, 0.2) is 16.6 Å². The van der Waals surface area contributed by atoms with E-state index in [1.54, 1.807) is 19.2 Å². The first-order chi connectivity index (χ1) is 15.8. The second-order valence-electron chi connectivity index (χ2n) is 7.42. The minimum Gasteiger partial charge on any atom is -0.493 e. The molecule has 1 N–H and O–H groups in total. The van der Waals surface area contributed by atoms with Gasteiger partial charge in [-0.1, -0.05) is 23.7 Å². The fourth-order valence-electron chi connectivity index (χ4n) is 3.74. The zero-order valence-corrected chi connectivity index (χ0v) is 20.8. The Hall–Kier alpha value is -2.81. The summed E-state index contributed by atoms with van der Waals surface area (Å²) in [6.07, 6.45) is 0. The van der Waals surface area contributed by atoms with E-state index in [0.717, 1.165) is 11.3 Å². The summed E-state index contributed by atoms with van der Waals surface area (Å²) in [4.78, 5) is 15.1. The van der Waals surface area contributed by atoms with Gasteiger partial charge in [0.1, 0.15) is 6.61 Å². The Morgan fingerprint density at radius 3 is 2.52 bits per heavy atom. The summed E-state index contributed by atoms with van der Waals surface area (Å²) >= 11 is 12.2. The highest BCUT2D eigenvalue weighted by atomic mass is 35.5. The van der Waals surface area contributed by atoms with Crippen molar-refractivity contribution < 1.29 is 23.7 Å². The lowest BCUT2D eigenvalue weighted by molar-refractivity contribution is -0.140. The third-order valence-electron chi connectivity index (χ3n) is 5.27. The van der Waals surface area contributed by atoms with Crippen LogP contribution in [-0.4, -0.2) is 45.6 Å². The molecule has 9 heteroatoms. The van der Waals surface area contributed by atoms with Crippen molar-refractivity contribution in [2.24, 2.45) is 0 Å². The van der Waals surface area contributed by atoms with Crippen LogP contribution < -0.4 is 19.7 Å². The molecule has 1 aliphatic rings. The van der Waals surface area contributed by atoms with Gasteiger partial charge in [0, 0.05) is 18.5 Å². The van der Waals surface area contributed by atoms with Crippen LogP contribution in [0.1, 0.15) is 24.1 Å². The maximum atomic E-state index is 13.2. The van der Waals surface area contributed by atoms with Crippen molar-refractivity contribution in [1.82, 2.24) is 5.32 Å². The van der Waals surface area contributed by atoms with Crippen LogP contribution in [0.5, 0.6) is 11.5 Å². The van der Waals surface area contributed by atoms with Crippen LogP contribution in [0.25, 0.3) is 0 Å². The second kappa shape index (κ2) is 10.9. The van der Waals surface area contributed by atoms with Gasteiger partial charge in [-0.2, -0.15) is 0 Å². The lowest BCUT2D eigenvalue weighted by Gasteiger charge is -2.37. The Morgan fingerprint density at radius 2 is 1.88 bits per heavy atom. The van der Waals surface area contributed by atoms with E-state index in [2.05, 4.69) is 5.32 Å². The van der Waals surface area contributed by atoms with Gasteiger partial charge in [0.2, 0.25) is 0 Å². The molecule has 33 heavy (non-hydrogen) atoms. The highest BCUT2D eigenvalue weighted by Gasteiger charge is 2.36. The molecule has 0 bridgehead atoms. The summed E-state index contributed by atoms with van der Waals surface area (Å²) in [5, 5.41) is 4.08. The standard InChI is InChI=1S/C24H27ClN2O5S/c1-14-7-6-8-17(11-14)27-15(2)20(23(28)32-10-9-29-3)21(26-24(27)33)16-12-18(25)22(31-5)19(13-16)30-4/h6-8,11-13,21H,9-10H2,1-5H3,(H,26,33). The third-order valence-corrected chi connectivity index (χ3v) is 5.86. The number of carbonyl (C=O) groups is 1. The molecule has 0 fully saturated rings. The van der Waals surface area contributed by atoms with Gasteiger partial charge < -0.3 is 24.3 Å². The molecular weight excluding hydrogens is 464 g/mol. The smallest absolute Gasteiger partial charge is 0.338 e. The second-order valence-corrected chi connectivity index (χ2v) is 8.22. The molecule has 3 rings (SSSR count). The van der Waals surface area contributed by atoms with E-state index >= 15 is 0 Å². The van der Waals surface area contributed by atoms with Crippen molar-refractivity contribution in [2.45, 2.75) is 19.9 Å². The average Bonchev–Trinajstić information content (AvgIpc) is 2.78. The van der Waals surface area contributed by atoms with E-state index in [4.69, 9.17) is 42.8 Å². The number of benzene rings is 2. The minimum absolute atomic E-state index is 0.125. The predicted octanol–water partition coefficient (Wildman–Crippen LogP) is 4.57. The third kappa shape index (κ3) is 5.24. The average molecular weight is 491 g/mol. The molecule has 0 aromatic heterocycles. The normalized spacial score (nSPS) is 15.9. The molecular formula is C24H27ClN2O5S. The number of hydrogen-bond acceptors (Lipinski definition) is 6. The number of hydrogen-bond donors (Lipinski definition) is 1. The van der Waals surface area contributed by atoms with Gasteiger partial charge in [-0.05, 0) is 61.5 Å². The van der Waals surface area contributed by atoms with Crippen LogP contribution in [0.15, 0.2) is 47.7 Å². The molecule has 1 unspecified atom stereocenters. The molecule has 1 atom stereocenters. The van der Waals surface area contributed by atoms with E-state index in [-0.39, 0.29) is 6.61 Å². The molecule has 0 spiro atoms. The number of aryl methyl sites for hydroxylation is 1. The number of ether oxygens (including phenoxy) is 4. The number of rotatable bonds is 8. The Bertz CT molecular complexity index is 1090. The number of nitrogens with one attached hydrogen (secondary N) is 1. The van der Waals surface area contributed by atoms with Gasteiger partial charge >= 0.3 is 5.97 Å². The molecule has 2 aromatic rings. The highest BCUT2D eigenvalue weighted by molar-refractivity contribution is 7.80. The highest BCUT2D eigenvalue weighted by Crippen LogP contribution is 2.41. The summed E-state index contributed by atoms with van der Waals surface area (Å²) in [5.41, 5.74) is 3.66. The minimum atomic E-state index is -0.606. The van der Waals surface area contributed by atoms with Gasteiger partial charge in [-0.25, -0.2) is 4.79 Å². The Kier molecular flexibility index (Phi) is 8.18. The number of nitrogens with zero attached hydrogens (tertiary/aromatic N) is 1. The zero-order chi connectivity index (χ0) is 24.1. The summed E-state index contributed by atoms with van der Waals surface area (Å²) < 4.78 is 21.3. The van der Waals surface area contributed by atoms with E-state index < -0.39 is 12.0 Å². The lowest BCUT2D eigenvalue weighted by Crippen LogP contribution is -2.48. The zero-order valence-electron chi connectivity index (χ0n) is 19.2. The molecule has 0 saturated heterocycles. The van der Waals surface area contributed by atoms with Crippen LogP contribution in [0.4, 0.5) is 5.69 Å². The van der Waals surface area contributed by atoms with Crippen LogP contribution in [-0.2, 0) is 14.3 Å². The summed E-state index contributed by atoms with van der Waals surface area (Å²) in [7, 11) is 4.59. The number of carbonyl (C=O) groups excluding carboxylic acids is 1. The van der Waals surface area contributed by atoms with Crippen LogP contribution in [0.2, 0.25) is 5.02 Å². The van der Waals surface area contributed by atoms with Crippen molar-refractivity contribution in [3.8, 4) is 11.5 Å².